The number of H-pyrrole nitrogens is 1. The van der Waals surface area contributed by atoms with Gasteiger partial charge in [0.05, 0.1) is 16.5 Å². The summed E-state index contributed by atoms with van der Waals surface area (Å²) in [6.45, 7) is 2.65. The molecule has 0 amide bonds. The van der Waals surface area contributed by atoms with E-state index in [1.807, 2.05) is 0 Å². The van der Waals surface area contributed by atoms with Gasteiger partial charge in [-0.3, -0.25) is 4.79 Å². The summed E-state index contributed by atoms with van der Waals surface area (Å²) in [5.41, 5.74) is 0.428. The van der Waals surface area contributed by atoms with Crippen molar-refractivity contribution in [3.8, 4) is 0 Å². The fourth-order valence-corrected chi connectivity index (χ4v) is 11.8. The number of aliphatic carboxylic acids is 1. The van der Waals surface area contributed by atoms with E-state index >= 15 is 0 Å². The van der Waals surface area contributed by atoms with Crippen LogP contribution in [0, 0.1) is 11.8 Å². The maximum atomic E-state index is 13.0. The van der Waals surface area contributed by atoms with Crippen molar-refractivity contribution in [3.05, 3.63) is 49.8 Å². The van der Waals surface area contributed by atoms with Crippen LogP contribution in [0.5, 0.6) is 0 Å². The van der Waals surface area contributed by atoms with Gasteiger partial charge in [-0.2, -0.15) is 9.03 Å². The summed E-state index contributed by atoms with van der Waals surface area (Å²) in [5.74, 6) is 0.459. The van der Waals surface area contributed by atoms with Gasteiger partial charge in [0.1, 0.15) is 25.3 Å². The highest BCUT2D eigenvalue weighted by molar-refractivity contribution is 9.11. The number of hydrogen-bond acceptors (Lipinski definition) is 9. The number of thiophene rings is 1. The zero-order valence-electron chi connectivity index (χ0n) is 24.7. The number of aromatic nitrogens is 3. The van der Waals surface area contributed by atoms with Gasteiger partial charge in [-0.15, -0.1) is 11.3 Å². The van der Waals surface area contributed by atoms with Crippen molar-refractivity contribution in [2.24, 2.45) is 11.8 Å². The molecule has 0 aromatic carbocycles. The molecule has 18 heteroatoms. The molecular formula is C28H35Br2ClN6O6S3. The highest BCUT2D eigenvalue weighted by Gasteiger charge is 2.32. The molecule has 252 valence electrons. The molecule has 0 aliphatic carbocycles. The van der Waals surface area contributed by atoms with Gasteiger partial charge in [-0.25, -0.2) is 26.8 Å². The first-order valence-corrected chi connectivity index (χ1v) is 20.6. The Morgan fingerprint density at radius 3 is 2.24 bits per heavy atom. The van der Waals surface area contributed by atoms with Crippen LogP contribution >= 0.6 is 54.8 Å². The van der Waals surface area contributed by atoms with Crippen LogP contribution in [0.4, 0.5) is 5.82 Å². The SMILES string of the molecule is O=C(O)C(Cc1c[nH]cn1)NS(=O)(=O)c1cnc(N2CCC(CCCC3CCN(S(=O)(=O)c4cc(Br)c(Cl)s4)CC3)CC2)c(Br)c1. The molecule has 3 aromatic heterocycles. The van der Waals surface area contributed by atoms with Crippen molar-refractivity contribution >= 4 is 86.6 Å². The molecule has 5 heterocycles. The van der Waals surface area contributed by atoms with E-state index in [1.165, 1.54) is 24.8 Å². The van der Waals surface area contributed by atoms with Gasteiger partial charge in [0, 0.05) is 49.5 Å². The van der Waals surface area contributed by atoms with E-state index in [2.05, 4.69) is 56.4 Å². The van der Waals surface area contributed by atoms with Crippen molar-refractivity contribution in [3.63, 3.8) is 0 Å². The molecule has 2 fully saturated rings. The lowest BCUT2D eigenvalue weighted by atomic mass is 9.87. The lowest BCUT2D eigenvalue weighted by molar-refractivity contribution is -0.138. The number of piperidine rings is 2. The number of halogens is 3. The molecule has 46 heavy (non-hydrogen) atoms. The summed E-state index contributed by atoms with van der Waals surface area (Å²) >= 11 is 13.9. The lowest BCUT2D eigenvalue weighted by Gasteiger charge is -2.34. The van der Waals surface area contributed by atoms with Crippen LogP contribution in [0.1, 0.15) is 50.6 Å². The number of imidazole rings is 1. The molecule has 1 atom stereocenters. The summed E-state index contributed by atoms with van der Waals surface area (Å²) in [5, 5.41) is 9.55. The highest BCUT2D eigenvalue weighted by Crippen LogP contribution is 2.37. The quantitative estimate of drug-likeness (QED) is 0.201. The van der Waals surface area contributed by atoms with Gasteiger partial charge in [0.2, 0.25) is 10.0 Å². The number of anilines is 1. The molecule has 5 rings (SSSR count). The highest BCUT2D eigenvalue weighted by atomic mass is 79.9. The van der Waals surface area contributed by atoms with Crippen LogP contribution in [-0.4, -0.2) is 79.4 Å². The number of nitrogens with one attached hydrogen (secondary N) is 2. The predicted molar refractivity (Wildman–Crippen MR) is 183 cm³/mol. The number of hydrogen-bond donors (Lipinski definition) is 3. The first-order valence-electron chi connectivity index (χ1n) is 14.9. The van der Waals surface area contributed by atoms with Gasteiger partial charge in [-0.05, 0) is 81.5 Å². The van der Waals surface area contributed by atoms with Crippen molar-refractivity contribution in [1.82, 2.24) is 24.0 Å². The van der Waals surface area contributed by atoms with E-state index in [0.29, 0.717) is 49.7 Å². The molecule has 0 spiro atoms. The molecule has 0 saturated carbocycles. The van der Waals surface area contributed by atoms with Gasteiger partial charge < -0.3 is 15.0 Å². The first-order chi connectivity index (χ1) is 21.8. The van der Waals surface area contributed by atoms with Gasteiger partial charge >= 0.3 is 5.97 Å². The Kier molecular flexibility index (Phi) is 11.9. The molecule has 2 saturated heterocycles. The summed E-state index contributed by atoms with van der Waals surface area (Å²) in [6, 6.07) is 1.65. The van der Waals surface area contributed by atoms with E-state index in [9.17, 15) is 26.7 Å². The summed E-state index contributed by atoms with van der Waals surface area (Å²) in [7, 11) is -7.66. The third kappa shape index (κ3) is 8.70. The average Bonchev–Trinajstić information content (AvgIpc) is 3.66. The van der Waals surface area contributed by atoms with Gasteiger partial charge in [0.25, 0.3) is 10.0 Å². The Balaban J connectivity index is 1.06. The standard InChI is InChI=1S/C28H35Br2ClN6O6S3/c29-22-14-25(44-26(22)31)46(42,43)37-10-6-19(7-11-37)3-1-2-18-4-8-36(9-5-18)27-23(30)13-21(16-33-27)45(40,41)35-24(28(38)39)12-20-15-32-17-34-20/h13-19,24,35H,1-12H2,(H,32,34)(H,38,39). The van der Waals surface area contributed by atoms with E-state index in [0.717, 1.165) is 69.4 Å². The smallest absolute Gasteiger partial charge is 0.322 e. The topological polar surface area (TPSA) is 166 Å². The zero-order chi connectivity index (χ0) is 33.1. The Hall–Kier alpha value is -1.60. The maximum absolute atomic E-state index is 13.0. The minimum Gasteiger partial charge on any atom is -0.480 e. The molecule has 0 bridgehead atoms. The number of nitrogens with zero attached hydrogens (tertiary/aromatic N) is 4. The van der Waals surface area contributed by atoms with E-state index in [4.69, 9.17) is 11.6 Å². The van der Waals surface area contributed by atoms with Crippen LogP contribution in [-0.2, 0) is 31.3 Å². The fraction of sp³-hybridized carbons (Fsp3) is 0.536. The predicted octanol–water partition coefficient (Wildman–Crippen LogP) is 5.51. The molecule has 1 unspecified atom stereocenters. The molecule has 2 aliphatic heterocycles. The Morgan fingerprint density at radius 2 is 1.70 bits per heavy atom. The Morgan fingerprint density at radius 1 is 1.04 bits per heavy atom. The molecule has 12 nitrogen and oxygen atoms in total. The zero-order valence-corrected chi connectivity index (χ0v) is 31.1. The summed E-state index contributed by atoms with van der Waals surface area (Å²) in [6.07, 6.45) is 11.1. The van der Waals surface area contributed by atoms with Crippen LogP contribution in [0.2, 0.25) is 4.34 Å². The van der Waals surface area contributed by atoms with Gasteiger partial charge in [0.15, 0.2) is 0 Å². The Labute approximate surface area is 294 Å². The van der Waals surface area contributed by atoms with Crippen LogP contribution in [0.25, 0.3) is 0 Å². The second-order valence-electron chi connectivity index (χ2n) is 11.6. The monoisotopic (exact) mass is 840 g/mol. The van der Waals surface area contributed by atoms with Gasteiger partial charge in [-0.1, -0.05) is 30.9 Å². The Bertz CT molecular complexity index is 1710. The van der Waals surface area contributed by atoms with Crippen molar-refractivity contribution in [1.29, 1.82) is 0 Å². The minimum absolute atomic E-state index is 0.103. The van der Waals surface area contributed by atoms with E-state index in [-0.39, 0.29) is 15.5 Å². The molecular weight excluding hydrogens is 808 g/mol. The van der Waals surface area contributed by atoms with Crippen molar-refractivity contribution in [2.75, 3.05) is 31.1 Å². The second kappa shape index (κ2) is 15.3. The largest absolute Gasteiger partial charge is 0.480 e. The molecule has 3 N–H and O–H groups in total. The number of carboxylic acid groups (broad SMARTS) is 1. The van der Waals surface area contributed by atoms with Crippen LogP contribution < -0.4 is 9.62 Å². The lowest BCUT2D eigenvalue weighted by Crippen LogP contribution is -2.42. The number of rotatable bonds is 13. The van der Waals surface area contributed by atoms with Crippen LogP contribution in [0.3, 0.4) is 0 Å². The minimum atomic E-state index is -4.15. The number of pyridine rings is 1. The van der Waals surface area contributed by atoms with Crippen molar-refractivity contribution < 1.29 is 26.7 Å². The number of carboxylic acids is 1. The normalized spacial score (nSPS) is 18.2. The van der Waals surface area contributed by atoms with Crippen LogP contribution in [0.15, 0.2) is 48.9 Å². The average molecular weight is 843 g/mol. The summed E-state index contributed by atoms with van der Waals surface area (Å²) < 4.78 is 57.6. The first kappa shape index (κ1) is 35.7. The number of carbonyl (C=O) groups is 1. The summed E-state index contributed by atoms with van der Waals surface area (Å²) in [4.78, 5) is 24.9. The van der Waals surface area contributed by atoms with E-state index < -0.39 is 32.1 Å². The van der Waals surface area contributed by atoms with E-state index in [1.54, 1.807) is 10.4 Å². The van der Waals surface area contributed by atoms with Crippen molar-refractivity contribution in [2.45, 2.75) is 66.5 Å². The number of aromatic amines is 1. The second-order valence-corrected chi connectivity index (χ2v) is 18.9. The fourth-order valence-electron chi connectivity index (χ4n) is 5.99. The third-order valence-electron chi connectivity index (χ3n) is 8.60. The molecule has 2 aliphatic rings. The molecule has 0 radical (unpaired) electrons. The number of sulfonamides is 2. The third-order valence-corrected chi connectivity index (χ3v) is 15.4. The molecule has 3 aromatic rings. The maximum Gasteiger partial charge on any atom is 0.322 e.